The Morgan fingerprint density at radius 3 is 2.13 bits per heavy atom. The van der Waals surface area contributed by atoms with Gasteiger partial charge in [-0.1, -0.05) is 36.4 Å². The van der Waals surface area contributed by atoms with E-state index in [1.807, 2.05) is 36.4 Å². The van der Waals surface area contributed by atoms with Crippen LogP contribution in [-0.4, -0.2) is 9.78 Å². The minimum absolute atomic E-state index is 0.0332. The number of alkyl halides is 4. The molecule has 0 unspecified atom stereocenters. The molecule has 0 spiro atoms. The molecule has 0 N–H and O–H groups in total. The molecule has 0 saturated carbocycles. The van der Waals surface area contributed by atoms with E-state index in [1.165, 1.54) is 4.68 Å². The van der Waals surface area contributed by atoms with Gasteiger partial charge in [-0.25, -0.2) is 0 Å². The first-order valence-electron chi connectivity index (χ1n) is 4.54. The minimum Gasteiger partial charge on any atom is -0.256 e. The fraction of sp³-hybridized carbons (Fsp3) is 0.667. The van der Waals surface area contributed by atoms with E-state index >= 15 is 0 Å². The van der Waals surface area contributed by atoms with Crippen LogP contribution in [0.25, 0.3) is 0 Å². The monoisotopic (exact) mass is 332 g/mol. The Balaban J connectivity index is 3.21. The van der Waals surface area contributed by atoms with Gasteiger partial charge in [0.2, 0.25) is 0 Å². The first kappa shape index (κ1) is 12.8. The minimum atomic E-state index is -4.36. The van der Waals surface area contributed by atoms with Gasteiger partial charge in [0.05, 0.1) is 0 Å². The summed E-state index contributed by atoms with van der Waals surface area (Å²) in [5, 5.41) is 3.59. The summed E-state index contributed by atoms with van der Waals surface area (Å²) in [5.74, 6) is 0.0332. The summed E-state index contributed by atoms with van der Waals surface area (Å²) in [5.41, 5.74) is -0.195. The Morgan fingerprint density at radius 2 is 1.87 bits per heavy atom. The third-order valence-corrected chi connectivity index (χ3v) is 2.51. The molecule has 6 heteroatoms. The van der Waals surface area contributed by atoms with Crippen molar-refractivity contribution in [3.05, 3.63) is 17.5 Å². The van der Waals surface area contributed by atoms with Gasteiger partial charge < -0.3 is 0 Å². The Hall–Kier alpha value is -0.270. The lowest BCUT2D eigenvalue weighted by Gasteiger charge is -2.11. The molecule has 0 bridgehead atoms. The zero-order chi connectivity index (χ0) is 11.8. The molecule has 1 aromatic rings. The van der Waals surface area contributed by atoms with E-state index in [0.29, 0.717) is 5.69 Å². The van der Waals surface area contributed by atoms with Crippen LogP contribution in [0.3, 0.4) is 0 Å². The van der Waals surface area contributed by atoms with Crippen molar-refractivity contribution in [2.24, 2.45) is 0 Å². The van der Waals surface area contributed by atoms with Crippen LogP contribution in [0.2, 0.25) is 0 Å². The smallest absolute Gasteiger partial charge is 0.256 e. The lowest BCUT2D eigenvalue weighted by atomic mass is 10.1. The van der Waals surface area contributed by atoms with E-state index in [1.54, 1.807) is 6.92 Å². The number of aromatic nitrogens is 2. The molecule has 1 heterocycles. The molecule has 86 valence electrons. The SMILES string of the molecule is CC(C)c1cc(C(F)(F)F)nn1[C@H](C)I. The van der Waals surface area contributed by atoms with Gasteiger partial charge in [0, 0.05) is 5.69 Å². The molecular formula is C9H12F3IN2. The van der Waals surface area contributed by atoms with Crippen molar-refractivity contribution >= 4 is 22.6 Å². The van der Waals surface area contributed by atoms with Gasteiger partial charge in [0.25, 0.3) is 0 Å². The fourth-order valence-corrected chi connectivity index (χ4v) is 1.71. The highest BCUT2D eigenvalue weighted by molar-refractivity contribution is 14.1. The molecule has 0 radical (unpaired) electrons. The molecule has 1 aromatic heterocycles. The predicted octanol–water partition coefficient (Wildman–Crippen LogP) is 3.98. The highest BCUT2D eigenvalue weighted by Gasteiger charge is 2.35. The largest absolute Gasteiger partial charge is 0.435 e. The van der Waals surface area contributed by atoms with Crippen molar-refractivity contribution in [1.82, 2.24) is 9.78 Å². The van der Waals surface area contributed by atoms with E-state index in [0.717, 1.165) is 6.07 Å². The first-order chi connectivity index (χ1) is 6.73. The number of rotatable bonds is 2. The van der Waals surface area contributed by atoms with Crippen LogP contribution in [0.5, 0.6) is 0 Å². The van der Waals surface area contributed by atoms with Crippen molar-refractivity contribution < 1.29 is 13.2 Å². The van der Waals surface area contributed by atoms with Crippen molar-refractivity contribution in [2.45, 2.75) is 36.9 Å². The van der Waals surface area contributed by atoms with Gasteiger partial charge in [0.1, 0.15) is 4.05 Å². The van der Waals surface area contributed by atoms with Gasteiger partial charge in [0.15, 0.2) is 5.69 Å². The molecule has 15 heavy (non-hydrogen) atoms. The van der Waals surface area contributed by atoms with Gasteiger partial charge in [-0.3, -0.25) is 4.68 Å². The quantitative estimate of drug-likeness (QED) is 0.592. The lowest BCUT2D eigenvalue weighted by molar-refractivity contribution is -0.141. The van der Waals surface area contributed by atoms with E-state index < -0.39 is 11.9 Å². The number of hydrogen-bond donors (Lipinski definition) is 0. The maximum absolute atomic E-state index is 12.4. The molecule has 0 aliphatic rings. The van der Waals surface area contributed by atoms with E-state index in [4.69, 9.17) is 0 Å². The van der Waals surface area contributed by atoms with Crippen LogP contribution >= 0.6 is 22.6 Å². The predicted molar refractivity (Wildman–Crippen MR) is 60.0 cm³/mol. The second-order valence-corrected chi connectivity index (χ2v) is 5.43. The molecule has 0 aliphatic carbocycles. The second kappa shape index (κ2) is 4.31. The maximum atomic E-state index is 12.4. The van der Waals surface area contributed by atoms with Gasteiger partial charge in [-0.15, -0.1) is 0 Å². The van der Waals surface area contributed by atoms with Crippen molar-refractivity contribution in [2.75, 3.05) is 0 Å². The van der Waals surface area contributed by atoms with Crippen LogP contribution in [-0.2, 0) is 6.18 Å². The van der Waals surface area contributed by atoms with E-state index in [9.17, 15) is 13.2 Å². The zero-order valence-corrected chi connectivity index (χ0v) is 10.8. The Labute approximate surface area is 100.0 Å². The molecule has 0 saturated heterocycles. The zero-order valence-electron chi connectivity index (χ0n) is 8.64. The summed E-state index contributed by atoms with van der Waals surface area (Å²) in [6.45, 7) is 5.51. The average Bonchev–Trinajstić information content (AvgIpc) is 2.45. The summed E-state index contributed by atoms with van der Waals surface area (Å²) >= 11 is 2.04. The van der Waals surface area contributed by atoms with E-state index in [-0.39, 0.29) is 9.97 Å². The van der Waals surface area contributed by atoms with Gasteiger partial charge in [-0.05, 0) is 18.9 Å². The third-order valence-electron chi connectivity index (χ3n) is 1.98. The van der Waals surface area contributed by atoms with Crippen LogP contribution < -0.4 is 0 Å². The number of hydrogen-bond acceptors (Lipinski definition) is 1. The Kier molecular flexibility index (Phi) is 3.67. The van der Waals surface area contributed by atoms with Gasteiger partial charge >= 0.3 is 6.18 Å². The number of halogens is 4. The lowest BCUT2D eigenvalue weighted by Crippen LogP contribution is -2.09. The average molecular weight is 332 g/mol. The maximum Gasteiger partial charge on any atom is 0.435 e. The summed E-state index contributed by atoms with van der Waals surface area (Å²) in [7, 11) is 0. The van der Waals surface area contributed by atoms with Crippen molar-refractivity contribution in [3.8, 4) is 0 Å². The Bertz CT molecular complexity index is 316. The molecule has 0 aromatic carbocycles. The summed E-state index contributed by atoms with van der Waals surface area (Å²) in [6.07, 6.45) is -4.36. The van der Waals surface area contributed by atoms with E-state index in [2.05, 4.69) is 5.10 Å². The van der Waals surface area contributed by atoms with Crippen molar-refractivity contribution in [1.29, 1.82) is 0 Å². The molecule has 0 fully saturated rings. The summed E-state index contributed by atoms with van der Waals surface area (Å²) < 4.78 is 38.6. The van der Waals surface area contributed by atoms with Crippen LogP contribution in [0, 0.1) is 0 Å². The molecule has 0 aliphatic heterocycles. The first-order valence-corrected chi connectivity index (χ1v) is 5.78. The molecule has 2 nitrogen and oxygen atoms in total. The molecule has 0 amide bonds. The molecule has 1 rings (SSSR count). The second-order valence-electron chi connectivity index (χ2n) is 3.63. The highest BCUT2D eigenvalue weighted by Crippen LogP contribution is 2.32. The fourth-order valence-electron chi connectivity index (χ4n) is 1.26. The standard InChI is InChI=1S/C9H12F3IN2/c1-5(2)7-4-8(9(10,11)12)14-15(7)6(3)13/h4-6H,1-3H3/t6-/m1/s1. The number of nitrogens with zero attached hydrogens (tertiary/aromatic N) is 2. The van der Waals surface area contributed by atoms with Crippen LogP contribution in [0.15, 0.2) is 6.07 Å². The van der Waals surface area contributed by atoms with Gasteiger partial charge in [-0.2, -0.15) is 18.3 Å². The van der Waals surface area contributed by atoms with Crippen LogP contribution in [0.4, 0.5) is 13.2 Å². The Morgan fingerprint density at radius 1 is 1.33 bits per heavy atom. The highest BCUT2D eigenvalue weighted by atomic mass is 127. The molecule has 1 atom stereocenters. The molecular weight excluding hydrogens is 320 g/mol. The normalized spacial score (nSPS) is 14.7. The topological polar surface area (TPSA) is 17.8 Å². The van der Waals surface area contributed by atoms with Crippen molar-refractivity contribution in [3.63, 3.8) is 0 Å². The summed E-state index contributed by atoms with van der Waals surface area (Å²) in [6, 6.07) is 1.12. The summed E-state index contributed by atoms with van der Waals surface area (Å²) in [4.78, 5) is 0. The van der Waals surface area contributed by atoms with Crippen LogP contribution in [0.1, 0.15) is 42.1 Å². The third kappa shape index (κ3) is 2.85.